The van der Waals surface area contributed by atoms with E-state index < -0.39 is 0 Å². The van der Waals surface area contributed by atoms with E-state index in [2.05, 4.69) is 58.1 Å². The monoisotopic (exact) mass is 288 g/mol. The Balaban J connectivity index is 0.000000122. The highest BCUT2D eigenvalue weighted by molar-refractivity contribution is 5.81. The topological polar surface area (TPSA) is 20.7 Å². The van der Waals surface area contributed by atoms with Crippen LogP contribution in [-0.2, 0) is 13.0 Å². The lowest BCUT2D eigenvalue weighted by Crippen LogP contribution is -2.08. The van der Waals surface area contributed by atoms with E-state index in [1.165, 1.54) is 53.3 Å². The summed E-state index contributed by atoms with van der Waals surface area (Å²) in [5.41, 5.74) is 4.14. The first kappa shape index (κ1) is 13.2. The molecule has 1 aliphatic rings. The van der Waals surface area contributed by atoms with Crippen molar-refractivity contribution in [3.8, 4) is 0 Å². The van der Waals surface area contributed by atoms with Crippen LogP contribution in [0, 0.1) is 0 Å². The van der Waals surface area contributed by atoms with Crippen LogP contribution in [-0.4, -0.2) is 9.55 Å². The van der Waals surface area contributed by atoms with Crippen molar-refractivity contribution in [2.75, 3.05) is 0 Å². The van der Waals surface area contributed by atoms with E-state index in [1.807, 2.05) is 18.3 Å². The number of hydrogen-bond acceptors (Lipinski definition) is 0. The lowest BCUT2D eigenvalue weighted by Gasteiger charge is -2.15. The van der Waals surface area contributed by atoms with Crippen molar-refractivity contribution in [1.29, 1.82) is 0 Å². The van der Waals surface area contributed by atoms with Crippen LogP contribution in [0.5, 0.6) is 0 Å². The Morgan fingerprint density at radius 3 is 2.55 bits per heavy atom. The van der Waals surface area contributed by atoms with Gasteiger partial charge in [-0.2, -0.15) is 0 Å². The third-order valence-corrected chi connectivity index (χ3v) is 4.42. The molecule has 0 spiro atoms. The number of rotatable bonds is 0. The van der Waals surface area contributed by atoms with E-state index >= 15 is 0 Å². The summed E-state index contributed by atoms with van der Waals surface area (Å²) >= 11 is 0. The highest BCUT2D eigenvalue weighted by Gasteiger charge is 2.11. The summed E-state index contributed by atoms with van der Waals surface area (Å²) in [5, 5.41) is 2.68. The van der Waals surface area contributed by atoms with Gasteiger partial charge in [0.1, 0.15) is 0 Å². The molecule has 1 aliphatic heterocycles. The molecule has 0 aliphatic carbocycles. The molecule has 22 heavy (non-hydrogen) atoms. The standard InChI is InChI=1S/C12H13N.C8H7N/c1-2-7-12-10(5-1)9-11-6-3-4-8-13(11)12;1-2-4-8-7(3-1)5-6-9-8/h1-2,5,7,9H,3-4,6,8H2;1-6,9H. The molecule has 110 valence electrons. The fourth-order valence-corrected chi connectivity index (χ4v) is 3.31. The lowest BCUT2D eigenvalue weighted by molar-refractivity contribution is 0.545. The van der Waals surface area contributed by atoms with E-state index in [0.29, 0.717) is 0 Å². The summed E-state index contributed by atoms with van der Waals surface area (Å²) in [7, 11) is 0. The number of hydrogen-bond donors (Lipinski definition) is 1. The number of benzene rings is 2. The number of para-hydroxylation sites is 2. The second-order valence-corrected chi connectivity index (χ2v) is 5.87. The summed E-state index contributed by atoms with van der Waals surface area (Å²) in [5.74, 6) is 0. The van der Waals surface area contributed by atoms with Gasteiger partial charge in [0.15, 0.2) is 0 Å². The van der Waals surface area contributed by atoms with Gasteiger partial charge in [-0.15, -0.1) is 0 Å². The molecule has 0 atom stereocenters. The van der Waals surface area contributed by atoms with Crippen LogP contribution in [0.2, 0.25) is 0 Å². The second kappa shape index (κ2) is 5.72. The minimum atomic E-state index is 1.21. The molecule has 5 rings (SSSR count). The predicted octanol–water partition coefficient (Wildman–Crippen LogP) is 5.15. The maximum Gasteiger partial charge on any atom is 0.0482 e. The first-order chi connectivity index (χ1) is 10.9. The zero-order chi connectivity index (χ0) is 14.8. The average Bonchev–Trinajstić information content (AvgIpc) is 3.19. The van der Waals surface area contributed by atoms with Crippen LogP contribution in [0.25, 0.3) is 21.8 Å². The molecule has 4 aromatic rings. The molecular weight excluding hydrogens is 268 g/mol. The summed E-state index contributed by atoms with van der Waals surface area (Å²) < 4.78 is 2.47. The third-order valence-electron chi connectivity index (χ3n) is 4.42. The Bertz CT molecular complexity index is 868. The molecule has 0 radical (unpaired) electrons. The summed E-state index contributed by atoms with van der Waals surface area (Å²) in [6.45, 7) is 1.21. The Morgan fingerprint density at radius 2 is 1.64 bits per heavy atom. The molecule has 2 nitrogen and oxygen atoms in total. The Labute approximate surface area is 130 Å². The van der Waals surface area contributed by atoms with Crippen molar-refractivity contribution in [2.45, 2.75) is 25.8 Å². The van der Waals surface area contributed by atoms with Crippen molar-refractivity contribution in [3.63, 3.8) is 0 Å². The van der Waals surface area contributed by atoms with Gasteiger partial charge in [-0.3, -0.25) is 0 Å². The molecule has 0 fully saturated rings. The van der Waals surface area contributed by atoms with E-state index in [4.69, 9.17) is 0 Å². The highest BCUT2D eigenvalue weighted by atomic mass is 15.0. The fourth-order valence-electron chi connectivity index (χ4n) is 3.31. The van der Waals surface area contributed by atoms with Gasteiger partial charge in [0.05, 0.1) is 0 Å². The van der Waals surface area contributed by atoms with Gasteiger partial charge in [0, 0.05) is 29.5 Å². The molecule has 2 aromatic heterocycles. The first-order valence-corrected chi connectivity index (χ1v) is 8.01. The molecule has 1 N–H and O–H groups in total. The highest BCUT2D eigenvalue weighted by Crippen LogP contribution is 2.24. The van der Waals surface area contributed by atoms with Crippen LogP contribution in [0.1, 0.15) is 18.5 Å². The van der Waals surface area contributed by atoms with E-state index in [9.17, 15) is 0 Å². The number of aryl methyl sites for hydroxylation is 2. The molecule has 0 amide bonds. The molecule has 0 bridgehead atoms. The SMILES string of the molecule is c1ccc2[nH]ccc2c1.c1ccc2c(c1)cc1n2CCCC1. The van der Waals surface area contributed by atoms with Gasteiger partial charge < -0.3 is 9.55 Å². The number of H-pyrrole nitrogens is 1. The van der Waals surface area contributed by atoms with Gasteiger partial charge in [0.25, 0.3) is 0 Å². The Kier molecular flexibility index (Phi) is 3.43. The van der Waals surface area contributed by atoms with Gasteiger partial charge in [-0.25, -0.2) is 0 Å². The average molecular weight is 288 g/mol. The molecule has 3 heterocycles. The van der Waals surface area contributed by atoms with Crippen LogP contribution >= 0.6 is 0 Å². The minimum absolute atomic E-state index is 1.21. The van der Waals surface area contributed by atoms with Crippen molar-refractivity contribution in [2.24, 2.45) is 0 Å². The first-order valence-electron chi connectivity index (χ1n) is 8.01. The van der Waals surface area contributed by atoms with Crippen molar-refractivity contribution >= 4 is 21.8 Å². The molecule has 0 saturated carbocycles. The minimum Gasteiger partial charge on any atom is -0.361 e. The normalized spacial score (nSPS) is 13.6. The van der Waals surface area contributed by atoms with Crippen molar-refractivity contribution in [1.82, 2.24) is 9.55 Å². The lowest BCUT2D eigenvalue weighted by atomic mass is 10.1. The maximum atomic E-state index is 3.12. The number of nitrogens with one attached hydrogen (secondary N) is 1. The summed E-state index contributed by atoms with van der Waals surface area (Å²) in [6, 6.07) is 21.3. The van der Waals surface area contributed by atoms with Crippen LogP contribution in [0.4, 0.5) is 0 Å². The molecule has 2 heteroatoms. The second-order valence-electron chi connectivity index (χ2n) is 5.87. The number of aromatic nitrogens is 2. The van der Waals surface area contributed by atoms with Gasteiger partial charge in [-0.05, 0) is 54.3 Å². The smallest absolute Gasteiger partial charge is 0.0482 e. The van der Waals surface area contributed by atoms with Gasteiger partial charge in [0.2, 0.25) is 0 Å². The zero-order valence-corrected chi connectivity index (χ0v) is 12.6. The molecular formula is C20H20N2. The van der Waals surface area contributed by atoms with E-state index in [0.717, 1.165) is 0 Å². The maximum absolute atomic E-state index is 3.12. The number of aromatic amines is 1. The van der Waals surface area contributed by atoms with E-state index in [1.54, 1.807) is 0 Å². The van der Waals surface area contributed by atoms with Crippen LogP contribution < -0.4 is 0 Å². The van der Waals surface area contributed by atoms with E-state index in [-0.39, 0.29) is 0 Å². The molecule has 0 saturated heterocycles. The van der Waals surface area contributed by atoms with Crippen LogP contribution in [0.15, 0.2) is 66.9 Å². The number of fused-ring (bicyclic) bond motifs is 4. The van der Waals surface area contributed by atoms with Crippen molar-refractivity contribution in [3.05, 3.63) is 72.6 Å². The summed E-state index contributed by atoms with van der Waals surface area (Å²) in [6.07, 6.45) is 5.90. The Morgan fingerprint density at radius 1 is 0.818 bits per heavy atom. The van der Waals surface area contributed by atoms with Crippen LogP contribution in [0.3, 0.4) is 0 Å². The Hall–Kier alpha value is -2.48. The predicted molar refractivity (Wildman–Crippen MR) is 93.2 cm³/mol. The third kappa shape index (κ3) is 2.41. The molecule has 2 aromatic carbocycles. The summed E-state index contributed by atoms with van der Waals surface area (Å²) in [4.78, 5) is 3.12. The zero-order valence-electron chi connectivity index (χ0n) is 12.6. The molecule has 0 unspecified atom stereocenters. The quantitative estimate of drug-likeness (QED) is 0.462. The number of nitrogens with zero attached hydrogens (tertiary/aromatic N) is 1. The van der Waals surface area contributed by atoms with Gasteiger partial charge in [-0.1, -0.05) is 36.4 Å². The largest absolute Gasteiger partial charge is 0.361 e. The van der Waals surface area contributed by atoms with Crippen molar-refractivity contribution < 1.29 is 0 Å². The van der Waals surface area contributed by atoms with Gasteiger partial charge >= 0.3 is 0 Å². The fraction of sp³-hybridized carbons (Fsp3) is 0.200.